The quantitative estimate of drug-likeness (QED) is 0.713. The van der Waals surface area contributed by atoms with Crippen LogP contribution in [0.15, 0.2) is 58.3 Å². The first-order valence-electron chi connectivity index (χ1n) is 10.1. The molecule has 5 rings (SSSR count). The van der Waals surface area contributed by atoms with Crippen molar-refractivity contribution >= 4 is 19.9 Å². The molecule has 2 atom stereocenters. The summed E-state index contributed by atoms with van der Waals surface area (Å²) in [5.41, 5.74) is 0. The number of rotatable bonds is 4. The minimum atomic E-state index is -3.76. The lowest BCUT2D eigenvalue weighted by atomic mass is 10.1. The summed E-state index contributed by atoms with van der Waals surface area (Å²) in [4.78, 5) is 0.463. The number of sulfone groups is 1. The topological polar surface area (TPSA) is 90.0 Å². The molecule has 0 saturated carbocycles. The lowest BCUT2D eigenvalue weighted by molar-refractivity contribution is 0.171. The van der Waals surface area contributed by atoms with E-state index in [-0.39, 0.29) is 17.0 Å². The Labute approximate surface area is 176 Å². The molecule has 3 aliphatic rings. The summed E-state index contributed by atoms with van der Waals surface area (Å²) in [6, 6.07) is 12.5. The third-order valence-electron chi connectivity index (χ3n) is 6.22. The van der Waals surface area contributed by atoms with E-state index in [0.29, 0.717) is 55.3 Å². The van der Waals surface area contributed by atoms with Crippen LogP contribution in [0.25, 0.3) is 0 Å². The van der Waals surface area contributed by atoms with Gasteiger partial charge >= 0.3 is 0 Å². The average molecular weight is 450 g/mol. The van der Waals surface area contributed by atoms with Gasteiger partial charge in [0.15, 0.2) is 21.3 Å². The van der Waals surface area contributed by atoms with Crippen LogP contribution in [0.4, 0.5) is 0 Å². The number of ether oxygens (including phenoxy) is 2. The number of piperidine rings is 1. The van der Waals surface area contributed by atoms with Gasteiger partial charge in [-0.05, 0) is 49.9 Å². The summed E-state index contributed by atoms with van der Waals surface area (Å²) in [6.45, 7) is 0.817. The van der Waals surface area contributed by atoms with Crippen LogP contribution in [-0.4, -0.2) is 51.7 Å². The Kier molecular flexibility index (Phi) is 4.79. The van der Waals surface area contributed by atoms with Gasteiger partial charge in [-0.3, -0.25) is 0 Å². The van der Waals surface area contributed by atoms with E-state index >= 15 is 0 Å². The van der Waals surface area contributed by atoms with E-state index in [1.165, 1.54) is 16.4 Å². The third kappa shape index (κ3) is 3.19. The molecule has 30 heavy (non-hydrogen) atoms. The summed E-state index contributed by atoms with van der Waals surface area (Å²) in [5.74, 6) is 0.965. The fourth-order valence-corrected chi connectivity index (χ4v) is 8.62. The molecule has 7 nitrogen and oxygen atoms in total. The van der Waals surface area contributed by atoms with Crippen LogP contribution in [0.5, 0.6) is 11.5 Å². The number of hydrogen-bond donors (Lipinski definition) is 0. The molecular weight excluding hydrogens is 426 g/mol. The largest absolute Gasteiger partial charge is 0.486 e. The van der Waals surface area contributed by atoms with Gasteiger partial charge in [0.25, 0.3) is 0 Å². The van der Waals surface area contributed by atoms with Crippen LogP contribution in [0.3, 0.4) is 0 Å². The Morgan fingerprint density at radius 3 is 2.07 bits per heavy atom. The third-order valence-corrected chi connectivity index (χ3v) is 10.4. The predicted molar refractivity (Wildman–Crippen MR) is 110 cm³/mol. The van der Waals surface area contributed by atoms with Gasteiger partial charge in [0.1, 0.15) is 13.2 Å². The van der Waals surface area contributed by atoms with Crippen molar-refractivity contribution in [1.82, 2.24) is 4.31 Å². The molecule has 0 radical (unpaired) electrons. The Balaban J connectivity index is 1.43. The molecule has 2 fully saturated rings. The molecule has 0 amide bonds. The Morgan fingerprint density at radius 1 is 0.767 bits per heavy atom. The van der Waals surface area contributed by atoms with Crippen molar-refractivity contribution in [2.75, 3.05) is 13.2 Å². The Hall–Kier alpha value is -2.10. The summed E-state index contributed by atoms with van der Waals surface area (Å²) >= 11 is 0. The second-order valence-corrected chi connectivity index (χ2v) is 12.0. The fourth-order valence-electron chi connectivity index (χ4n) is 4.84. The van der Waals surface area contributed by atoms with E-state index in [0.717, 1.165) is 0 Å². The van der Waals surface area contributed by atoms with Gasteiger partial charge in [0.05, 0.1) is 15.0 Å². The highest BCUT2D eigenvalue weighted by atomic mass is 32.2. The minimum Gasteiger partial charge on any atom is -0.486 e. The average Bonchev–Trinajstić information content (AvgIpc) is 3.04. The standard InChI is InChI=1S/C21H23NO6S2/c23-29(24,17-4-2-1-3-5-17)19-12-15-6-7-16(13-19)22(15)30(25,26)18-8-9-20-21(14-18)28-11-10-27-20/h1-5,8-9,14-16,19H,6-7,10-13H2. The number of benzene rings is 2. The highest BCUT2D eigenvalue weighted by Crippen LogP contribution is 2.43. The van der Waals surface area contributed by atoms with E-state index < -0.39 is 25.1 Å². The van der Waals surface area contributed by atoms with Crippen LogP contribution in [0, 0.1) is 0 Å². The number of nitrogens with zero attached hydrogens (tertiary/aromatic N) is 1. The summed E-state index contributed by atoms with van der Waals surface area (Å²) in [7, 11) is -7.25. The summed E-state index contributed by atoms with van der Waals surface area (Å²) in [6.07, 6.45) is 1.99. The molecule has 2 aromatic rings. The van der Waals surface area contributed by atoms with Gasteiger partial charge in [0, 0.05) is 18.2 Å². The maximum atomic E-state index is 13.4. The van der Waals surface area contributed by atoms with Crippen LogP contribution in [0.1, 0.15) is 25.7 Å². The molecular formula is C21H23NO6S2. The first-order chi connectivity index (χ1) is 14.4. The number of hydrogen-bond acceptors (Lipinski definition) is 6. The second kappa shape index (κ2) is 7.25. The molecule has 9 heteroatoms. The maximum Gasteiger partial charge on any atom is 0.243 e. The first kappa shape index (κ1) is 19.8. The lowest BCUT2D eigenvalue weighted by Gasteiger charge is -2.37. The summed E-state index contributed by atoms with van der Waals surface area (Å²) in [5, 5.41) is -0.566. The van der Waals surface area contributed by atoms with Gasteiger partial charge in [-0.15, -0.1) is 0 Å². The molecule has 0 aliphatic carbocycles. The van der Waals surface area contributed by atoms with Crippen LogP contribution < -0.4 is 9.47 Å². The van der Waals surface area contributed by atoms with Crippen molar-refractivity contribution in [3.05, 3.63) is 48.5 Å². The molecule has 0 N–H and O–H groups in total. The Bertz CT molecular complexity index is 1150. The van der Waals surface area contributed by atoms with Crippen molar-refractivity contribution < 1.29 is 26.3 Å². The zero-order valence-electron chi connectivity index (χ0n) is 16.3. The van der Waals surface area contributed by atoms with E-state index in [2.05, 4.69) is 0 Å². The molecule has 0 spiro atoms. The normalized spacial score (nSPS) is 26.5. The fraction of sp³-hybridized carbons (Fsp3) is 0.429. The van der Waals surface area contributed by atoms with Gasteiger partial charge < -0.3 is 9.47 Å². The molecule has 2 unspecified atom stereocenters. The lowest BCUT2D eigenvalue weighted by Crippen LogP contribution is -2.49. The first-order valence-corrected chi connectivity index (χ1v) is 13.1. The molecule has 0 aromatic heterocycles. The second-order valence-electron chi connectivity index (χ2n) is 7.98. The molecule has 2 bridgehead atoms. The Morgan fingerprint density at radius 2 is 1.40 bits per heavy atom. The van der Waals surface area contributed by atoms with Gasteiger partial charge in [-0.25, -0.2) is 16.8 Å². The zero-order chi connectivity index (χ0) is 20.9. The molecule has 2 saturated heterocycles. The highest BCUT2D eigenvalue weighted by Gasteiger charge is 2.50. The van der Waals surface area contributed by atoms with Crippen LogP contribution in [-0.2, 0) is 19.9 Å². The monoisotopic (exact) mass is 449 g/mol. The van der Waals surface area contributed by atoms with Gasteiger partial charge in [-0.2, -0.15) is 4.31 Å². The van der Waals surface area contributed by atoms with Crippen molar-refractivity contribution in [3.8, 4) is 11.5 Å². The highest BCUT2D eigenvalue weighted by molar-refractivity contribution is 7.92. The van der Waals surface area contributed by atoms with Crippen LogP contribution in [0.2, 0.25) is 0 Å². The van der Waals surface area contributed by atoms with Crippen molar-refractivity contribution in [3.63, 3.8) is 0 Å². The number of fused-ring (bicyclic) bond motifs is 3. The molecule has 2 aromatic carbocycles. The van der Waals surface area contributed by atoms with Gasteiger partial charge in [0.2, 0.25) is 10.0 Å². The van der Waals surface area contributed by atoms with Crippen LogP contribution >= 0.6 is 0 Å². The van der Waals surface area contributed by atoms with Crippen molar-refractivity contribution in [2.45, 2.75) is 52.8 Å². The van der Waals surface area contributed by atoms with E-state index in [1.807, 2.05) is 0 Å². The molecule has 160 valence electrons. The minimum absolute atomic E-state index is 0.160. The van der Waals surface area contributed by atoms with E-state index in [9.17, 15) is 16.8 Å². The molecule has 3 aliphatic heterocycles. The molecule has 3 heterocycles. The smallest absolute Gasteiger partial charge is 0.243 e. The van der Waals surface area contributed by atoms with Gasteiger partial charge in [-0.1, -0.05) is 18.2 Å². The zero-order valence-corrected chi connectivity index (χ0v) is 17.9. The van der Waals surface area contributed by atoms with Crippen molar-refractivity contribution in [1.29, 1.82) is 0 Å². The summed E-state index contributed by atoms with van der Waals surface area (Å²) < 4.78 is 65.6. The predicted octanol–water partition coefficient (Wildman–Crippen LogP) is 2.62. The van der Waals surface area contributed by atoms with E-state index in [4.69, 9.17) is 9.47 Å². The van der Waals surface area contributed by atoms with Crippen molar-refractivity contribution in [2.24, 2.45) is 0 Å². The number of sulfonamides is 1. The van der Waals surface area contributed by atoms with E-state index in [1.54, 1.807) is 36.4 Å². The maximum absolute atomic E-state index is 13.4. The SMILES string of the molecule is O=S(=O)(c1ccccc1)C1CC2CCC(C1)N2S(=O)(=O)c1ccc2c(c1)OCCO2.